The highest BCUT2D eigenvalue weighted by molar-refractivity contribution is 7.09. The van der Waals surface area contributed by atoms with Crippen LogP contribution in [0.15, 0.2) is 59.0 Å². The molecule has 0 spiro atoms. The predicted octanol–water partition coefficient (Wildman–Crippen LogP) is 3.06. The van der Waals surface area contributed by atoms with E-state index in [0.29, 0.717) is 18.9 Å². The van der Waals surface area contributed by atoms with Crippen molar-refractivity contribution >= 4 is 17.2 Å². The van der Waals surface area contributed by atoms with Gasteiger partial charge in [-0.1, -0.05) is 24.3 Å². The molecule has 0 fully saturated rings. The van der Waals surface area contributed by atoms with Gasteiger partial charge in [0, 0.05) is 36.4 Å². The van der Waals surface area contributed by atoms with Crippen molar-refractivity contribution in [2.24, 2.45) is 7.05 Å². The first-order valence-electron chi connectivity index (χ1n) is 7.60. The van der Waals surface area contributed by atoms with Crippen LogP contribution in [0.4, 0.5) is 5.82 Å². The Hall–Kier alpha value is -2.60. The second-order valence-corrected chi connectivity index (χ2v) is 6.45. The summed E-state index contributed by atoms with van der Waals surface area (Å²) in [5.41, 5.74) is 0.910. The Kier molecular flexibility index (Phi) is 4.96. The molecule has 0 aliphatic carbocycles. The van der Waals surface area contributed by atoms with Crippen molar-refractivity contribution in [2.75, 3.05) is 12.0 Å². The Balaban J connectivity index is 1.99. The summed E-state index contributed by atoms with van der Waals surface area (Å²) in [6.45, 7) is 1.18. The molecule has 0 aliphatic rings. The fourth-order valence-corrected chi connectivity index (χ4v) is 3.26. The van der Waals surface area contributed by atoms with E-state index in [0.717, 1.165) is 11.3 Å². The number of aromatic nitrogens is 2. The molecule has 2 aromatic heterocycles. The zero-order chi connectivity index (χ0) is 16.9. The Morgan fingerprint density at radius 3 is 2.79 bits per heavy atom. The van der Waals surface area contributed by atoms with Crippen LogP contribution in [0.5, 0.6) is 5.75 Å². The minimum atomic E-state index is -0.107. The van der Waals surface area contributed by atoms with Crippen LogP contribution in [-0.2, 0) is 20.1 Å². The summed E-state index contributed by atoms with van der Waals surface area (Å²) in [6, 6.07) is 11.9. The molecule has 0 amide bonds. The largest absolute Gasteiger partial charge is 0.496 e. The van der Waals surface area contributed by atoms with E-state index in [1.54, 1.807) is 42.5 Å². The average Bonchev–Trinajstić information content (AvgIpc) is 3.10. The van der Waals surface area contributed by atoms with E-state index in [-0.39, 0.29) is 5.56 Å². The first-order chi connectivity index (χ1) is 11.7. The summed E-state index contributed by atoms with van der Waals surface area (Å²) < 4.78 is 6.99. The molecular formula is C18H19N3O2S. The Bertz CT molecular complexity index is 859. The number of anilines is 1. The normalized spacial score (nSPS) is 10.6. The van der Waals surface area contributed by atoms with Crippen LogP contribution in [0.1, 0.15) is 10.4 Å². The molecule has 3 rings (SSSR count). The lowest BCUT2D eigenvalue weighted by molar-refractivity contribution is 0.409. The molecule has 0 aliphatic heterocycles. The highest BCUT2D eigenvalue weighted by Gasteiger charge is 2.16. The number of thiophene rings is 1. The molecule has 124 valence electrons. The minimum Gasteiger partial charge on any atom is -0.496 e. The summed E-state index contributed by atoms with van der Waals surface area (Å²) in [6.07, 6.45) is 3.32. The summed E-state index contributed by atoms with van der Waals surface area (Å²) >= 11 is 1.67. The van der Waals surface area contributed by atoms with Crippen molar-refractivity contribution in [1.82, 2.24) is 9.55 Å². The molecule has 5 nitrogen and oxygen atoms in total. The number of hydrogen-bond acceptors (Lipinski definition) is 5. The van der Waals surface area contributed by atoms with Gasteiger partial charge >= 0.3 is 0 Å². The molecule has 0 atom stereocenters. The van der Waals surface area contributed by atoms with Crippen LogP contribution >= 0.6 is 11.3 Å². The molecule has 0 radical (unpaired) electrons. The van der Waals surface area contributed by atoms with Gasteiger partial charge < -0.3 is 14.2 Å². The van der Waals surface area contributed by atoms with Gasteiger partial charge in [-0.25, -0.2) is 4.98 Å². The van der Waals surface area contributed by atoms with E-state index in [4.69, 9.17) is 4.74 Å². The Morgan fingerprint density at radius 1 is 1.21 bits per heavy atom. The third-order valence-corrected chi connectivity index (χ3v) is 4.64. The number of ether oxygens (including phenoxy) is 1. The van der Waals surface area contributed by atoms with Gasteiger partial charge in [0.25, 0.3) is 5.56 Å². The van der Waals surface area contributed by atoms with Gasteiger partial charge in [-0.3, -0.25) is 4.79 Å². The number of methoxy groups -OCH3 is 1. The lowest BCUT2D eigenvalue weighted by Gasteiger charge is -2.23. The number of nitrogens with zero attached hydrogens (tertiary/aromatic N) is 3. The van der Waals surface area contributed by atoms with Gasteiger partial charge in [-0.15, -0.1) is 11.3 Å². The number of hydrogen-bond donors (Lipinski definition) is 0. The van der Waals surface area contributed by atoms with Crippen molar-refractivity contribution in [2.45, 2.75) is 13.1 Å². The van der Waals surface area contributed by atoms with Gasteiger partial charge in [0.05, 0.1) is 13.7 Å². The van der Waals surface area contributed by atoms with Crippen molar-refractivity contribution in [1.29, 1.82) is 0 Å². The molecule has 1 aromatic carbocycles. The lowest BCUT2D eigenvalue weighted by Crippen LogP contribution is -2.31. The monoisotopic (exact) mass is 341 g/mol. The van der Waals surface area contributed by atoms with E-state index in [1.165, 1.54) is 4.88 Å². The first kappa shape index (κ1) is 16.3. The van der Waals surface area contributed by atoms with Crippen molar-refractivity contribution < 1.29 is 4.74 Å². The zero-order valence-electron chi connectivity index (χ0n) is 13.7. The fourth-order valence-electron chi connectivity index (χ4n) is 2.54. The maximum atomic E-state index is 12.5. The molecule has 0 unspecified atom stereocenters. The van der Waals surface area contributed by atoms with Gasteiger partial charge in [0.15, 0.2) is 5.82 Å². The molecule has 2 heterocycles. The Morgan fingerprint density at radius 2 is 2.04 bits per heavy atom. The molecule has 0 saturated heterocycles. The van der Waals surface area contributed by atoms with Crippen LogP contribution in [0.3, 0.4) is 0 Å². The quantitative estimate of drug-likeness (QED) is 0.691. The number of rotatable bonds is 6. The van der Waals surface area contributed by atoms with Gasteiger partial charge in [-0.05, 0) is 17.5 Å². The van der Waals surface area contributed by atoms with Crippen LogP contribution < -0.4 is 15.2 Å². The molecule has 3 aromatic rings. The standard InChI is InChI=1S/C18H19N3O2S/c1-20-10-9-19-17(18(20)22)21(13-15-7-5-11-24-15)12-14-6-3-4-8-16(14)23-2/h3-11H,12-13H2,1-2H3. The van der Waals surface area contributed by atoms with Crippen LogP contribution in [0.2, 0.25) is 0 Å². The zero-order valence-corrected chi connectivity index (χ0v) is 14.5. The maximum absolute atomic E-state index is 12.5. The van der Waals surface area contributed by atoms with Gasteiger partial charge in [0.2, 0.25) is 0 Å². The third kappa shape index (κ3) is 3.49. The van der Waals surface area contributed by atoms with Gasteiger partial charge in [-0.2, -0.15) is 0 Å². The summed E-state index contributed by atoms with van der Waals surface area (Å²) in [4.78, 5) is 20.0. The van der Waals surface area contributed by atoms with Crippen molar-refractivity contribution in [3.63, 3.8) is 0 Å². The predicted molar refractivity (Wildman–Crippen MR) is 96.7 cm³/mol. The molecule has 0 bridgehead atoms. The Labute approximate surface area is 144 Å². The number of para-hydroxylation sites is 1. The smallest absolute Gasteiger partial charge is 0.293 e. The first-order valence-corrected chi connectivity index (χ1v) is 8.48. The molecule has 0 N–H and O–H groups in total. The SMILES string of the molecule is COc1ccccc1CN(Cc1cccs1)c1nccn(C)c1=O. The van der Waals surface area contributed by atoms with E-state index in [2.05, 4.69) is 11.1 Å². The third-order valence-electron chi connectivity index (χ3n) is 3.78. The second kappa shape index (κ2) is 7.31. The summed E-state index contributed by atoms with van der Waals surface area (Å²) in [5, 5.41) is 2.03. The fraction of sp³-hybridized carbons (Fsp3) is 0.222. The molecule has 24 heavy (non-hydrogen) atoms. The highest BCUT2D eigenvalue weighted by atomic mass is 32.1. The average molecular weight is 341 g/mol. The van der Waals surface area contributed by atoms with E-state index in [9.17, 15) is 4.79 Å². The number of benzene rings is 1. The summed E-state index contributed by atoms with van der Waals surface area (Å²) in [7, 11) is 3.39. The van der Waals surface area contributed by atoms with E-state index >= 15 is 0 Å². The van der Waals surface area contributed by atoms with Gasteiger partial charge in [0.1, 0.15) is 5.75 Å². The van der Waals surface area contributed by atoms with Crippen LogP contribution in [0, 0.1) is 0 Å². The molecule has 0 saturated carbocycles. The van der Waals surface area contributed by atoms with Crippen molar-refractivity contribution in [3.8, 4) is 5.75 Å². The topological polar surface area (TPSA) is 47.4 Å². The molecular weight excluding hydrogens is 322 g/mol. The van der Waals surface area contributed by atoms with E-state index < -0.39 is 0 Å². The second-order valence-electron chi connectivity index (χ2n) is 5.41. The van der Waals surface area contributed by atoms with Crippen LogP contribution in [-0.4, -0.2) is 16.7 Å². The van der Waals surface area contributed by atoms with Crippen LogP contribution in [0.25, 0.3) is 0 Å². The minimum absolute atomic E-state index is 0.107. The highest BCUT2D eigenvalue weighted by Crippen LogP contribution is 2.23. The summed E-state index contributed by atoms with van der Waals surface area (Å²) in [5.74, 6) is 1.25. The molecule has 6 heteroatoms. The lowest BCUT2D eigenvalue weighted by atomic mass is 10.2. The van der Waals surface area contributed by atoms with Crippen molar-refractivity contribution in [3.05, 3.63) is 75.0 Å². The maximum Gasteiger partial charge on any atom is 0.293 e. The van der Waals surface area contributed by atoms with E-state index in [1.807, 2.05) is 40.6 Å². The number of aryl methyl sites for hydroxylation is 1.